The fourth-order valence-corrected chi connectivity index (χ4v) is 4.54. The number of aromatic nitrogens is 2. The lowest BCUT2D eigenvalue weighted by molar-refractivity contribution is 0.0966. The number of rotatable bonds is 4. The highest BCUT2D eigenvalue weighted by molar-refractivity contribution is 7.20. The Morgan fingerprint density at radius 3 is 2.95 bits per heavy atom. The van der Waals surface area contributed by atoms with E-state index in [4.69, 9.17) is 0 Å². The molecule has 3 heterocycles. The van der Waals surface area contributed by atoms with E-state index in [0.717, 1.165) is 46.2 Å². The quantitative estimate of drug-likeness (QED) is 0.940. The van der Waals surface area contributed by atoms with Crippen molar-refractivity contribution in [3.63, 3.8) is 0 Å². The van der Waals surface area contributed by atoms with Gasteiger partial charge in [-0.05, 0) is 31.7 Å². The van der Waals surface area contributed by atoms with Gasteiger partial charge in [0, 0.05) is 44.0 Å². The number of likely N-dealkylation sites (tertiary alicyclic amines) is 1. The Hall–Kier alpha value is -1.53. The number of carbonyl (C=O) groups is 1. The van der Waals surface area contributed by atoms with Crippen LogP contribution in [0.15, 0.2) is 12.4 Å². The van der Waals surface area contributed by atoms with Gasteiger partial charge >= 0.3 is 0 Å². The Balaban J connectivity index is 1.68. The molecule has 0 aromatic carbocycles. The summed E-state index contributed by atoms with van der Waals surface area (Å²) in [7, 11) is 1.69. The first-order valence-corrected chi connectivity index (χ1v) is 8.75. The number of hydrogen-bond acceptors (Lipinski definition) is 5. The molecule has 2 aromatic heterocycles. The molecule has 116 valence electrons. The van der Waals surface area contributed by atoms with Gasteiger partial charge in [-0.25, -0.2) is 4.98 Å². The van der Waals surface area contributed by atoms with Crippen LogP contribution in [0.3, 0.4) is 0 Å². The number of fused-ring (bicyclic) bond motifs is 1. The lowest BCUT2D eigenvalue weighted by Crippen LogP contribution is -2.23. The summed E-state index contributed by atoms with van der Waals surface area (Å²) in [6, 6.07) is 0. The molecule has 2 aromatic rings. The molecule has 1 amide bonds. The second-order valence-electron chi connectivity index (χ2n) is 6.32. The maximum atomic E-state index is 12.3. The molecule has 1 saturated carbocycles. The minimum absolute atomic E-state index is 0.0135. The van der Waals surface area contributed by atoms with Gasteiger partial charge in [0.1, 0.15) is 10.3 Å². The van der Waals surface area contributed by atoms with Gasteiger partial charge in [0.05, 0.1) is 4.88 Å². The van der Waals surface area contributed by atoms with Crippen LogP contribution in [0.25, 0.3) is 10.3 Å². The minimum Gasteiger partial charge on any atom is -0.354 e. The summed E-state index contributed by atoms with van der Waals surface area (Å²) in [6.45, 7) is 3.40. The fraction of sp³-hybridized carbons (Fsp3) is 0.562. The predicted molar refractivity (Wildman–Crippen MR) is 87.3 cm³/mol. The highest BCUT2D eigenvalue weighted by Crippen LogP contribution is 2.39. The van der Waals surface area contributed by atoms with Crippen molar-refractivity contribution < 1.29 is 4.79 Å². The van der Waals surface area contributed by atoms with Gasteiger partial charge in [0.2, 0.25) is 0 Å². The van der Waals surface area contributed by atoms with E-state index in [1.54, 1.807) is 19.4 Å². The average molecular weight is 316 g/mol. The maximum absolute atomic E-state index is 12.3. The van der Waals surface area contributed by atoms with E-state index in [1.807, 2.05) is 0 Å². The molecule has 1 atom stereocenters. The Bertz CT molecular complexity index is 709. The Morgan fingerprint density at radius 2 is 2.18 bits per heavy atom. The van der Waals surface area contributed by atoms with Crippen LogP contribution in [0.5, 0.6) is 0 Å². The van der Waals surface area contributed by atoms with Crippen molar-refractivity contribution in [2.75, 3.05) is 26.7 Å². The molecule has 1 saturated heterocycles. The van der Waals surface area contributed by atoms with Gasteiger partial charge in [-0.3, -0.25) is 9.78 Å². The monoisotopic (exact) mass is 316 g/mol. The van der Waals surface area contributed by atoms with Crippen molar-refractivity contribution in [3.8, 4) is 0 Å². The van der Waals surface area contributed by atoms with Gasteiger partial charge in [0.15, 0.2) is 0 Å². The molecule has 0 spiro atoms. The van der Waals surface area contributed by atoms with Gasteiger partial charge < -0.3 is 10.2 Å². The lowest BCUT2D eigenvalue weighted by Gasteiger charge is -2.15. The second-order valence-corrected chi connectivity index (χ2v) is 7.32. The molecule has 0 bridgehead atoms. The Labute approximate surface area is 133 Å². The second kappa shape index (κ2) is 5.59. The third kappa shape index (κ3) is 2.50. The van der Waals surface area contributed by atoms with E-state index < -0.39 is 0 Å². The summed E-state index contributed by atoms with van der Waals surface area (Å²) in [5, 5.41) is 2.76. The highest BCUT2D eigenvalue weighted by Gasteiger charge is 2.33. The number of nitrogens with one attached hydrogen (secondary N) is 1. The van der Waals surface area contributed by atoms with Gasteiger partial charge in [-0.15, -0.1) is 11.3 Å². The first-order chi connectivity index (χ1) is 10.8. The van der Waals surface area contributed by atoms with Crippen LogP contribution in [0.4, 0.5) is 0 Å². The summed E-state index contributed by atoms with van der Waals surface area (Å²) < 4.78 is 0. The van der Waals surface area contributed by atoms with Gasteiger partial charge in [0.25, 0.3) is 5.91 Å². The molecular weight excluding hydrogens is 296 g/mol. The molecule has 0 radical (unpaired) electrons. The summed E-state index contributed by atoms with van der Waals surface area (Å²) in [6.07, 6.45) is 7.31. The van der Waals surface area contributed by atoms with Crippen LogP contribution in [0.1, 0.15) is 40.4 Å². The van der Waals surface area contributed by atoms with E-state index in [2.05, 4.69) is 20.2 Å². The minimum atomic E-state index is -0.0135. The van der Waals surface area contributed by atoms with Crippen LogP contribution in [0.2, 0.25) is 0 Å². The molecule has 5 nitrogen and oxygen atoms in total. The van der Waals surface area contributed by atoms with E-state index >= 15 is 0 Å². The van der Waals surface area contributed by atoms with Crippen molar-refractivity contribution in [1.82, 2.24) is 20.2 Å². The molecule has 1 N–H and O–H groups in total. The highest BCUT2D eigenvalue weighted by atomic mass is 32.1. The number of thiophene rings is 1. The summed E-state index contributed by atoms with van der Waals surface area (Å²) >= 11 is 1.47. The smallest absolute Gasteiger partial charge is 0.261 e. The van der Waals surface area contributed by atoms with Crippen molar-refractivity contribution in [2.45, 2.75) is 25.2 Å². The molecule has 2 fully saturated rings. The van der Waals surface area contributed by atoms with E-state index in [1.165, 1.54) is 30.7 Å². The van der Waals surface area contributed by atoms with Crippen LogP contribution >= 0.6 is 11.3 Å². The predicted octanol–water partition coefficient (Wildman–Crippen LogP) is 2.25. The SMILES string of the molecule is CNC(=O)c1sc2nccnc2c1C1CCN(CC2CC2)C1. The van der Waals surface area contributed by atoms with E-state index in [0.29, 0.717) is 5.92 Å². The van der Waals surface area contributed by atoms with Gasteiger partial charge in [-0.2, -0.15) is 0 Å². The average Bonchev–Trinajstić information content (AvgIpc) is 3.09. The van der Waals surface area contributed by atoms with Crippen molar-refractivity contribution >= 4 is 27.6 Å². The molecule has 2 aliphatic rings. The lowest BCUT2D eigenvalue weighted by atomic mass is 9.97. The van der Waals surface area contributed by atoms with Crippen LogP contribution in [-0.2, 0) is 0 Å². The molecule has 1 aliphatic carbocycles. The first kappa shape index (κ1) is 14.1. The van der Waals surface area contributed by atoms with Crippen LogP contribution < -0.4 is 5.32 Å². The number of carbonyl (C=O) groups excluding carboxylic acids is 1. The summed E-state index contributed by atoms with van der Waals surface area (Å²) in [5.74, 6) is 1.30. The number of amides is 1. The topological polar surface area (TPSA) is 58.1 Å². The number of nitrogens with zero attached hydrogens (tertiary/aromatic N) is 3. The molecule has 22 heavy (non-hydrogen) atoms. The first-order valence-electron chi connectivity index (χ1n) is 7.94. The van der Waals surface area contributed by atoms with Crippen LogP contribution in [-0.4, -0.2) is 47.5 Å². The molecular formula is C16H20N4OS. The van der Waals surface area contributed by atoms with E-state index in [-0.39, 0.29) is 5.91 Å². The summed E-state index contributed by atoms with van der Waals surface area (Å²) in [5.41, 5.74) is 2.04. The Kier molecular flexibility index (Phi) is 3.58. The van der Waals surface area contributed by atoms with E-state index in [9.17, 15) is 4.79 Å². The molecule has 6 heteroatoms. The van der Waals surface area contributed by atoms with Crippen molar-refractivity contribution in [3.05, 3.63) is 22.8 Å². The third-order valence-electron chi connectivity index (χ3n) is 4.69. The zero-order valence-electron chi connectivity index (χ0n) is 12.7. The zero-order chi connectivity index (χ0) is 15.1. The normalized spacial score (nSPS) is 22.3. The fourth-order valence-electron chi connectivity index (χ4n) is 3.40. The molecule has 1 unspecified atom stereocenters. The van der Waals surface area contributed by atoms with Gasteiger partial charge in [-0.1, -0.05) is 0 Å². The van der Waals surface area contributed by atoms with Crippen LogP contribution in [0, 0.1) is 5.92 Å². The maximum Gasteiger partial charge on any atom is 0.261 e. The summed E-state index contributed by atoms with van der Waals surface area (Å²) in [4.78, 5) is 25.4. The molecule has 4 rings (SSSR count). The largest absolute Gasteiger partial charge is 0.354 e. The van der Waals surface area contributed by atoms with Crippen molar-refractivity contribution in [2.24, 2.45) is 5.92 Å². The molecule has 1 aliphatic heterocycles. The van der Waals surface area contributed by atoms with Crippen molar-refractivity contribution in [1.29, 1.82) is 0 Å². The standard InChI is InChI=1S/C16H20N4OS/c1-17-15(21)14-12(13-16(22-14)19-6-5-18-13)11-4-7-20(9-11)8-10-2-3-10/h5-6,10-11H,2-4,7-9H2,1H3,(H,17,21). The third-order valence-corrected chi connectivity index (χ3v) is 5.79. The Morgan fingerprint density at radius 1 is 1.36 bits per heavy atom. The zero-order valence-corrected chi connectivity index (χ0v) is 13.5. The number of hydrogen-bond donors (Lipinski definition) is 1.